The number of nitrogens with one attached hydrogen (secondary N) is 2. The first-order valence-electron chi connectivity index (χ1n) is 8.10. The summed E-state index contributed by atoms with van der Waals surface area (Å²) in [5, 5.41) is 3.38. The van der Waals surface area contributed by atoms with Crippen LogP contribution >= 0.6 is 0 Å². The highest BCUT2D eigenvalue weighted by atomic mass is 16.1. The van der Waals surface area contributed by atoms with Crippen molar-refractivity contribution in [2.75, 3.05) is 26.2 Å². The molecule has 0 saturated carbocycles. The molecule has 21 heavy (non-hydrogen) atoms. The standard InChI is InChI=1S/C16H28N4O/c1-5-6-13(20-9-7-17-8-10-20)15-18-12(4)14(11(2)3)16(21)19-15/h11,13,17H,5-10H2,1-4H3,(H,18,19,21). The van der Waals surface area contributed by atoms with Crippen LogP contribution in [0.25, 0.3) is 0 Å². The van der Waals surface area contributed by atoms with Crippen LogP contribution in [0.3, 0.4) is 0 Å². The maximum absolute atomic E-state index is 12.4. The van der Waals surface area contributed by atoms with Gasteiger partial charge in [-0.05, 0) is 19.3 Å². The third kappa shape index (κ3) is 3.71. The van der Waals surface area contributed by atoms with Crippen molar-refractivity contribution in [3.8, 4) is 0 Å². The van der Waals surface area contributed by atoms with Gasteiger partial charge in [0.2, 0.25) is 0 Å². The maximum atomic E-state index is 12.4. The maximum Gasteiger partial charge on any atom is 0.254 e. The van der Waals surface area contributed by atoms with Gasteiger partial charge in [0.1, 0.15) is 5.82 Å². The summed E-state index contributed by atoms with van der Waals surface area (Å²) in [6, 6.07) is 0.227. The molecule has 1 saturated heterocycles. The van der Waals surface area contributed by atoms with Gasteiger partial charge in [0.25, 0.3) is 5.56 Å². The van der Waals surface area contributed by atoms with Gasteiger partial charge >= 0.3 is 0 Å². The zero-order valence-corrected chi connectivity index (χ0v) is 13.7. The largest absolute Gasteiger partial charge is 0.314 e. The fourth-order valence-electron chi connectivity index (χ4n) is 3.21. The number of aryl methyl sites for hydroxylation is 1. The van der Waals surface area contributed by atoms with Gasteiger partial charge in [0.05, 0.1) is 6.04 Å². The van der Waals surface area contributed by atoms with Crippen LogP contribution in [0.1, 0.15) is 62.7 Å². The predicted octanol–water partition coefficient (Wildman–Crippen LogP) is 1.95. The van der Waals surface area contributed by atoms with Crippen LogP contribution in [-0.4, -0.2) is 41.0 Å². The normalized spacial score (nSPS) is 18.1. The molecule has 2 N–H and O–H groups in total. The molecule has 2 heterocycles. The van der Waals surface area contributed by atoms with Crippen molar-refractivity contribution in [3.05, 3.63) is 27.4 Å². The number of hydrogen-bond donors (Lipinski definition) is 2. The van der Waals surface area contributed by atoms with Gasteiger partial charge in [-0.3, -0.25) is 9.69 Å². The van der Waals surface area contributed by atoms with E-state index in [1.54, 1.807) is 0 Å². The number of rotatable bonds is 5. The van der Waals surface area contributed by atoms with Gasteiger partial charge in [-0.15, -0.1) is 0 Å². The van der Waals surface area contributed by atoms with Crippen molar-refractivity contribution in [2.45, 2.75) is 52.5 Å². The molecule has 0 radical (unpaired) electrons. The molecule has 0 aliphatic carbocycles. The molecule has 1 fully saturated rings. The van der Waals surface area contributed by atoms with E-state index < -0.39 is 0 Å². The van der Waals surface area contributed by atoms with E-state index in [-0.39, 0.29) is 17.5 Å². The fraction of sp³-hybridized carbons (Fsp3) is 0.750. The van der Waals surface area contributed by atoms with E-state index in [9.17, 15) is 4.79 Å². The number of aromatic amines is 1. The smallest absolute Gasteiger partial charge is 0.254 e. The van der Waals surface area contributed by atoms with Gasteiger partial charge in [-0.1, -0.05) is 27.2 Å². The molecule has 5 nitrogen and oxygen atoms in total. The van der Waals surface area contributed by atoms with E-state index in [4.69, 9.17) is 4.98 Å². The van der Waals surface area contributed by atoms with E-state index in [0.717, 1.165) is 56.1 Å². The number of H-pyrrole nitrogens is 1. The molecule has 0 aromatic carbocycles. The van der Waals surface area contributed by atoms with Crippen molar-refractivity contribution in [3.63, 3.8) is 0 Å². The zero-order chi connectivity index (χ0) is 15.4. The Morgan fingerprint density at radius 2 is 1.95 bits per heavy atom. The molecule has 1 aromatic rings. The van der Waals surface area contributed by atoms with Crippen molar-refractivity contribution in [1.82, 2.24) is 20.2 Å². The Morgan fingerprint density at radius 1 is 1.29 bits per heavy atom. The molecular formula is C16H28N4O. The van der Waals surface area contributed by atoms with Crippen LogP contribution in [-0.2, 0) is 0 Å². The molecule has 0 bridgehead atoms. The van der Waals surface area contributed by atoms with Gasteiger partial charge in [0.15, 0.2) is 0 Å². The van der Waals surface area contributed by atoms with Gasteiger partial charge in [-0.25, -0.2) is 4.98 Å². The second kappa shape index (κ2) is 7.18. The molecule has 5 heteroatoms. The van der Waals surface area contributed by atoms with Crippen LogP contribution in [0.2, 0.25) is 0 Å². The Labute approximate surface area is 127 Å². The minimum absolute atomic E-state index is 0.0312. The van der Waals surface area contributed by atoms with Crippen LogP contribution < -0.4 is 10.9 Å². The summed E-state index contributed by atoms with van der Waals surface area (Å²) in [6.07, 6.45) is 2.12. The average molecular weight is 292 g/mol. The van der Waals surface area contributed by atoms with Gasteiger partial charge < -0.3 is 10.3 Å². The van der Waals surface area contributed by atoms with E-state index in [1.807, 2.05) is 20.8 Å². The summed E-state index contributed by atoms with van der Waals surface area (Å²) in [7, 11) is 0. The molecule has 1 unspecified atom stereocenters. The Hall–Kier alpha value is -1.20. The molecule has 0 amide bonds. The molecule has 1 atom stereocenters. The number of piperazine rings is 1. The highest BCUT2D eigenvalue weighted by Crippen LogP contribution is 2.24. The highest BCUT2D eigenvalue weighted by molar-refractivity contribution is 5.21. The molecule has 1 aromatic heterocycles. The average Bonchev–Trinajstić information content (AvgIpc) is 2.44. The van der Waals surface area contributed by atoms with Gasteiger partial charge in [-0.2, -0.15) is 0 Å². The number of nitrogens with zero attached hydrogens (tertiary/aromatic N) is 2. The number of hydrogen-bond acceptors (Lipinski definition) is 4. The lowest BCUT2D eigenvalue weighted by Gasteiger charge is -2.34. The minimum atomic E-state index is 0.0312. The Morgan fingerprint density at radius 3 is 2.48 bits per heavy atom. The second-order valence-corrected chi connectivity index (χ2v) is 6.20. The predicted molar refractivity (Wildman–Crippen MR) is 85.8 cm³/mol. The van der Waals surface area contributed by atoms with Crippen LogP contribution in [0.4, 0.5) is 0 Å². The summed E-state index contributed by atoms with van der Waals surface area (Å²) in [5.74, 6) is 1.05. The lowest BCUT2D eigenvalue weighted by Crippen LogP contribution is -2.45. The third-order valence-corrected chi connectivity index (χ3v) is 4.21. The summed E-state index contributed by atoms with van der Waals surface area (Å²) in [6.45, 7) is 12.3. The fourth-order valence-corrected chi connectivity index (χ4v) is 3.21. The van der Waals surface area contributed by atoms with Crippen molar-refractivity contribution in [1.29, 1.82) is 0 Å². The Bertz CT molecular complexity index is 517. The highest BCUT2D eigenvalue weighted by Gasteiger charge is 2.24. The lowest BCUT2D eigenvalue weighted by molar-refractivity contribution is 0.157. The molecule has 1 aliphatic rings. The topological polar surface area (TPSA) is 61.0 Å². The second-order valence-electron chi connectivity index (χ2n) is 6.20. The monoisotopic (exact) mass is 292 g/mol. The molecule has 2 rings (SSSR count). The Balaban J connectivity index is 2.34. The summed E-state index contributed by atoms with van der Waals surface area (Å²) in [5.41, 5.74) is 1.72. The van der Waals surface area contributed by atoms with Crippen molar-refractivity contribution < 1.29 is 0 Å². The quantitative estimate of drug-likeness (QED) is 0.871. The summed E-state index contributed by atoms with van der Waals surface area (Å²) >= 11 is 0. The SMILES string of the molecule is CCCC(c1nc(C)c(C(C)C)c(=O)[nH]1)N1CCNCC1. The van der Waals surface area contributed by atoms with Crippen LogP contribution in [0, 0.1) is 6.92 Å². The zero-order valence-electron chi connectivity index (χ0n) is 13.7. The van der Waals surface area contributed by atoms with Crippen molar-refractivity contribution >= 4 is 0 Å². The first-order chi connectivity index (χ1) is 10.0. The lowest BCUT2D eigenvalue weighted by atomic mass is 10.0. The Kier molecular flexibility index (Phi) is 5.53. The first kappa shape index (κ1) is 16.2. The molecule has 118 valence electrons. The van der Waals surface area contributed by atoms with Crippen LogP contribution in [0.15, 0.2) is 4.79 Å². The van der Waals surface area contributed by atoms with Crippen molar-refractivity contribution in [2.24, 2.45) is 0 Å². The minimum Gasteiger partial charge on any atom is -0.314 e. The van der Waals surface area contributed by atoms with Crippen LogP contribution in [0.5, 0.6) is 0 Å². The first-order valence-corrected chi connectivity index (χ1v) is 8.10. The molecule has 0 spiro atoms. The molecule has 1 aliphatic heterocycles. The van der Waals surface area contributed by atoms with E-state index in [2.05, 4.69) is 22.1 Å². The summed E-state index contributed by atoms with van der Waals surface area (Å²) in [4.78, 5) is 22.6. The number of aromatic nitrogens is 2. The van der Waals surface area contributed by atoms with E-state index >= 15 is 0 Å². The van der Waals surface area contributed by atoms with E-state index in [1.165, 1.54) is 0 Å². The van der Waals surface area contributed by atoms with E-state index in [0.29, 0.717) is 0 Å². The molecular weight excluding hydrogens is 264 g/mol. The third-order valence-electron chi connectivity index (χ3n) is 4.21. The van der Waals surface area contributed by atoms with Gasteiger partial charge in [0, 0.05) is 37.4 Å². The summed E-state index contributed by atoms with van der Waals surface area (Å²) < 4.78 is 0.